The summed E-state index contributed by atoms with van der Waals surface area (Å²) in [5.41, 5.74) is 1.67. The zero-order chi connectivity index (χ0) is 13.4. The van der Waals surface area contributed by atoms with Crippen molar-refractivity contribution in [3.05, 3.63) is 35.5 Å². The monoisotopic (exact) mass is 262 g/mol. The number of rotatable bonds is 4. The predicted molar refractivity (Wildman–Crippen MR) is 72.4 cm³/mol. The molecular formula is C15H16F2N2. The topological polar surface area (TPSA) is 24.9 Å². The van der Waals surface area contributed by atoms with Crippen LogP contribution < -0.4 is 5.32 Å². The first-order chi connectivity index (χ1) is 9.20. The Kier molecular flexibility index (Phi) is 3.09. The lowest BCUT2D eigenvalue weighted by atomic mass is 10.1. The highest BCUT2D eigenvalue weighted by atomic mass is 19.1. The summed E-state index contributed by atoms with van der Waals surface area (Å²) >= 11 is 0. The molecule has 1 heterocycles. The lowest BCUT2D eigenvalue weighted by Crippen LogP contribution is -2.04. The minimum Gasteiger partial charge on any atom is -0.384 e. The Hall–Kier alpha value is -1.71. The summed E-state index contributed by atoms with van der Waals surface area (Å²) in [7, 11) is 0. The normalized spacial score (nSPS) is 14.9. The molecule has 0 bridgehead atoms. The van der Waals surface area contributed by atoms with Crippen LogP contribution in [-0.2, 0) is 0 Å². The Labute approximate surface area is 110 Å². The summed E-state index contributed by atoms with van der Waals surface area (Å²) in [6.45, 7) is 2.77. The standard InChI is InChI=1S/C15H16F2N2/c1-2-7-18-13-8-12(9-3-4-9)19-15-11(17)6-5-10(16)14(13)15/h5-6,8-9H,2-4,7H2,1H3,(H,18,19). The summed E-state index contributed by atoms with van der Waals surface area (Å²) < 4.78 is 27.8. The maximum atomic E-state index is 14.0. The highest BCUT2D eigenvalue weighted by Crippen LogP contribution is 2.41. The smallest absolute Gasteiger partial charge is 0.149 e. The van der Waals surface area contributed by atoms with Crippen LogP contribution in [0.2, 0.25) is 0 Å². The van der Waals surface area contributed by atoms with Crippen molar-refractivity contribution in [3.8, 4) is 0 Å². The first-order valence-electron chi connectivity index (χ1n) is 6.73. The van der Waals surface area contributed by atoms with E-state index < -0.39 is 11.6 Å². The molecule has 4 heteroatoms. The van der Waals surface area contributed by atoms with E-state index in [2.05, 4.69) is 10.3 Å². The van der Waals surface area contributed by atoms with Gasteiger partial charge >= 0.3 is 0 Å². The summed E-state index contributed by atoms with van der Waals surface area (Å²) in [5.74, 6) is -0.474. The zero-order valence-corrected chi connectivity index (χ0v) is 10.8. The first-order valence-corrected chi connectivity index (χ1v) is 6.73. The molecule has 2 nitrogen and oxygen atoms in total. The number of nitrogens with zero attached hydrogens (tertiary/aromatic N) is 1. The maximum Gasteiger partial charge on any atom is 0.149 e. The molecule has 0 amide bonds. The molecule has 0 saturated heterocycles. The molecule has 3 rings (SSSR count). The minimum absolute atomic E-state index is 0.142. The van der Waals surface area contributed by atoms with Crippen LogP contribution in [0.3, 0.4) is 0 Å². The van der Waals surface area contributed by atoms with Crippen molar-refractivity contribution in [2.24, 2.45) is 0 Å². The molecule has 1 fully saturated rings. The number of anilines is 1. The number of hydrogen-bond acceptors (Lipinski definition) is 2. The van der Waals surface area contributed by atoms with Crippen LogP contribution in [0.25, 0.3) is 10.9 Å². The van der Waals surface area contributed by atoms with Crippen LogP contribution in [0, 0.1) is 11.6 Å². The maximum absolute atomic E-state index is 14.0. The van der Waals surface area contributed by atoms with Gasteiger partial charge in [-0.2, -0.15) is 0 Å². The van der Waals surface area contributed by atoms with Gasteiger partial charge in [0.25, 0.3) is 0 Å². The van der Waals surface area contributed by atoms with Crippen molar-refractivity contribution < 1.29 is 8.78 Å². The number of aromatic nitrogens is 1. The van der Waals surface area contributed by atoms with Crippen LogP contribution in [0.15, 0.2) is 18.2 Å². The van der Waals surface area contributed by atoms with Crippen LogP contribution in [0.5, 0.6) is 0 Å². The van der Waals surface area contributed by atoms with Gasteiger partial charge in [-0.25, -0.2) is 13.8 Å². The fourth-order valence-corrected chi connectivity index (χ4v) is 2.28. The molecule has 1 aliphatic rings. The number of nitrogens with one attached hydrogen (secondary N) is 1. The van der Waals surface area contributed by atoms with Crippen molar-refractivity contribution >= 4 is 16.6 Å². The molecule has 0 aliphatic heterocycles. The van der Waals surface area contributed by atoms with Crippen LogP contribution in [0.4, 0.5) is 14.5 Å². The Balaban J connectivity index is 2.20. The van der Waals surface area contributed by atoms with Crippen LogP contribution >= 0.6 is 0 Å². The summed E-state index contributed by atoms with van der Waals surface area (Å²) in [5, 5.41) is 3.44. The van der Waals surface area contributed by atoms with Crippen LogP contribution in [0.1, 0.15) is 37.8 Å². The van der Waals surface area contributed by atoms with Gasteiger partial charge in [-0.05, 0) is 37.5 Å². The van der Waals surface area contributed by atoms with Gasteiger partial charge < -0.3 is 5.32 Å². The third-order valence-electron chi connectivity index (χ3n) is 3.44. The Morgan fingerprint density at radius 1 is 1.26 bits per heavy atom. The van der Waals surface area contributed by atoms with Crippen molar-refractivity contribution in [2.75, 3.05) is 11.9 Å². The van der Waals surface area contributed by atoms with Crippen molar-refractivity contribution in [1.29, 1.82) is 0 Å². The first kappa shape index (κ1) is 12.3. The highest BCUT2D eigenvalue weighted by Gasteiger charge is 2.27. The fraction of sp³-hybridized carbons (Fsp3) is 0.400. The number of benzene rings is 1. The van der Waals surface area contributed by atoms with Crippen molar-refractivity contribution in [1.82, 2.24) is 4.98 Å². The van der Waals surface area contributed by atoms with E-state index in [9.17, 15) is 8.78 Å². The van der Waals surface area contributed by atoms with E-state index >= 15 is 0 Å². The molecule has 19 heavy (non-hydrogen) atoms. The third kappa shape index (κ3) is 2.27. The molecule has 100 valence electrons. The van der Waals surface area contributed by atoms with E-state index in [1.54, 1.807) is 0 Å². The molecule has 1 N–H and O–H groups in total. The van der Waals surface area contributed by atoms with Gasteiger partial charge in [0.1, 0.15) is 17.2 Å². The van der Waals surface area contributed by atoms with Gasteiger partial charge in [-0.1, -0.05) is 6.92 Å². The van der Waals surface area contributed by atoms with E-state index in [0.29, 0.717) is 11.6 Å². The van der Waals surface area contributed by atoms with Gasteiger partial charge in [0, 0.05) is 23.8 Å². The number of pyridine rings is 1. The van der Waals surface area contributed by atoms with E-state index in [0.717, 1.165) is 43.6 Å². The second-order valence-corrected chi connectivity index (χ2v) is 5.05. The molecule has 1 aromatic heterocycles. The average molecular weight is 262 g/mol. The van der Waals surface area contributed by atoms with E-state index in [-0.39, 0.29) is 10.9 Å². The predicted octanol–water partition coefficient (Wildman–Crippen LogP) is 4.21. The summed E-state index contributed by atoms with van der Waals surface area (Å²) in [6, 6.07) is 4.18. The second-order valence-electron chi connectivity index (χ2n) is 5.05. The lowest BCUT2D eigenvalue weighted by Gasteiger charge is -2.12. The fourth-order valence-electron chi connectivity index (χ4n) is 2.28. The largest absolute Gasteiger partial charge is 0.384 e. The van der Waals surface area contributed by atoms with E-state index in [1.807, 2.05) is 13.0 Å². The van der Waals surface area contributed by atoms with Gasteiger partial charge in [0.05, 0.1) is 5.39 Å². The van der Waals surface area contributed by atoms with E-state index in [4.69, 9.17) is 0 Å². The Bertz CT molecular complexity index is 621. The minimum atomic E-state index is -0.460. The molecule has 1 saturated carbocycles. The third-order valence-corrected chi connectivity index (χ3v) is 3.44. The van der Waals surface area contributed by atoms with Crippen LogP contribution in [-0.4, -0.2) is 11.5 Å². The highest BCUT2D eigenvalue weighted by molar-refractivity contribution is 5.92. The van der Waals surface area contributed by atoms with Gasteiger partial charge in [0.15, 0.2) is 0 Å². The molecular weight excluding hydrogens is 246 g/mol. The molecule has 0 radical (unpaired) electrons. The summed E-state index contributed by atoms with van der Waals surface area (Å²) in [6.07, 6.45) is 3.10. The molecule has 1 aliphatic carbocycles. The summed E-state index contributed by atoms with van der Waals surface area (Å²) in [4.78, 5) is 4.31. The zero-order valence-electron chi connectivity index (χ0n) is 10.8. The van der Waals surface area contributed by atoms with E-state index in [1.165, 1.54) is 0 Å². The number of halogens is 2. The molecule has 1 aromatic carbocycles. The lowest BCUT2D eigenvalue weighted by molar-refractivity contribution is 0.615. The van der Waals surface area contributed by atoms with Crippen molar-refractivity contribution in [2.45, 2.75) is 32.1 Å². The molecule has 0 spiro atoms. The SMILES string of the molecule is CCCNc1cc(C2CC2)nc2c(F)ccc(F)c12. The van der Waals surface area contributed by atoms with Gasteiger partial charge in [-0.15, -0.1) is 0 Å². The van der Waals surface area contributed by atoms with Gasteiger partial charge in [0.2, 0.25) is 0 Å². The average Bonchev–Trinajstić information content (AvgIpc) is 3.24. The molecule has 2 aromatic rings. The Morgan fingerprint density at radius 2 is 2.00 bits per heavy atom. The van der Waals surface area contributed by atoms with Crippen molar-refractivity contribution in [3.63, 3.8) is 0 Å². The molecule has 0 atom stereocenters. The second kappa shape index (κ2) is 4.76. The molecule has 0 unspecified atom stereocenters. The Morgan fingerprint density at radius 3 is 2.68 bits per heavy atom. The number of fused-ring (bicyclic) bond motifs is 1. The quantitative estimate of drug-likeness (QED) is 0.892. The number of hydrogen-bond donors (Lipinski definition) is 1. The van der Waals surface area contributed by atoms with Gasteiger partial charge in [-0.3, -0.25) is 0 Å².